The van der Waals surface area contributed by atoms with Crippen LogP contribution in [0.15, 0.2) is 42.7 Å². The van der Waals surface area contributed by atoms with Gasteiger partial charge in [-0.25, -0.2) is 9.97 Å². The van der Waals surface area contributed by atoms with Gasteiger partial charge in [-0.3, -0.25) is 9.69 Å². The molecule has 2 heterocycles. The number of nitrogens with one attached hydrogen (secondary N) is 2. The lowest BCUT2D eigenvalue weighted by atomic mass is 10.0. The maximum absolute atomic E-state index is 12.3. The number of aromatic nitrogens is 2. The second-order valence-corrected chi connectivity index (χ2v) is 6.63. The molecule has 1 saturated heterocycles. The average Bonchev–Trinajstić information content (AvgIpc) is 2.70. The van der Waals surface area contributed by atoms with Crippen molar-refractivity contribution in [2.75, 3.05) is 44.7 Å². The highest BCUT2D eigenvalue weighted by Crippen LogP contribution is 2.22. The Morgan fingerprint density at radius 2 is 2.00 bits per heavy atom. The molecule has 144 valence electrons. The number of aryl methyl sites for hydroxylation is 1. The number of benzene rings is 1. The van der Waals surface area contributed by atoms with Gasteiger partial charge in [-0.2, -0.15) is 0 Å². The molecule has 7 heteroatoms. The quantitative estimate of drug-likeness (QED) is 0.738. The Bertz CT molecular complexity index is 719. The number of rotatable bonds is 8. The maximum atomic E-state index is 12.3. The number of morpholine rings is 1. The summed E-state index contributed by atoms with van der Waals surface area (Å²) in [7, 11) is 0. The molecule has 1 aliphatic heterocycles. The van der Waals surface area contributed by atoms with E-state index in [1.807, 2.05) is 0 Å². The van der Waals surface area contributed by atoms with Crippen molar-refractivity contribution in [3.05, 3.63) is 53.9 Å². The zero-order chi connectivity index (χ0) is 18.9. The van der Waals surface area contributed by atoms with Gasteiger partial charge in [0.2, 0.25) is 11.9 Å². The Balaban J connectivity index is 1.53. The lowest BCUT2D eigenvalue weighted by Gasteiger charge is -2.35. The van der Waals surface area contributed by atoms with Gasteiger partial charge in [0, 0.05) is 45.0 Å². The summed E-state index contributed by atoms with van der Waals surface area (Å²) in [6.45, 7) is 6.40. The molecule has 1 fully saturated rings. The van der Waals surface area contributed by atoms with Crippen molar-refractivity contribution >= 4 is 11.9 Å². The van der Waals surface area contributed by atoms with Crippen LogP contribution in [0.5, 0.6) is 0 Å². The average molecular weight is 369 g/mol. The topological polar surface area (TPSA) is 79.4 Å². The molecule has 2 N–H and O–H groups in total. The molecular formula is C20H27N5O2. The summed E-state index contributed by atoms with van der Waals surface area (Å²) in [4.78, 5) is 22.8. The van der Waals surface area contributed by atoms with Gasteiger partial charge in [0.15, 0.2) is 0 Å². The zero-order valence-electron chi connectivity index (χ0n) is 15.7. The van der Waals surface area contributed by atoms with Crippen molar-refractivity contribution in [2.45, 2.75) is 19.4 Å². The fourth-order valence-corrected chi connectivity index (χ4v) is 3.20. The first-order valence-electron chi connectivity index (χ1n) is 9.38. The molecule has 0 saturated carbocycles. The summed E-state index contributed by atoms with van der Waals surface area (Å²) >= 11 is 0. The lowest BCUT2D eigenvalue weighted by molar-refractivity contribution is -0.121. The van der Waals surface area contributed by atoms with Crippen LogP contribution in [0.2, 0.25) is 0 Å². The summed E-state index contributed by atoms with van der Waals surface area (Å²) in [6.07, 6.45) is 3.72. The van der Waals surface area contributed by atoms with E-state index in [9.17, 15) is 4.79 Å². The molecule has 1 amide bonds. The van der Waals surface area contributed by atoms with Crippen LogP contribution in [-0.4, -0.2) is 60.2 Å². The number of carbonyl (C=O) groups is 1. The molecule has 3 rings (SSSR count). The summed E-state index contributed by atoms with van der Waals surface area (Å²) in [5.74, 6) is 0.556. The minimum absolute atomic E-state index is 0.0179. The molecule has 0 bridgehead atoms. The van der Waals surface area contributed by atoms with Gasteiger partial charge >= 0.3 is 0 Å². The van der Waals surface area contributed by atoms with Gasteiger partial charge in [-0.05, 0) is 18.6 Å². The molecule has 1 atom stereocenters. The molecule has 7 nitrogen and oxygen atoms in total. The Kier molecular flexibility index (Phi) is 7.12. The Hall–Kier alpha value is -2.51. The molecule has 0 unspecified atom stereocenters. The summed E-state index contributed by atoms with van der Waals surface area (Å²) in [6, 6.07) is 10.4. The third-order valence-corrected chi connectivity index (χ3v) is 4.61. The molecule has 1 aromatic heterocycles. The predicted molar refractivity (Wildman–Crippen MR) is 104 cm³/mol. The minimum atomic E-state index is 0.0179. The van der Waals surface area contributed by atoms with Crippen LogP contribution in [0.1, 0.15) is 23.6 Å². The zero-order valence-corrected chi connectivity index (χ0v) is 15.7. The van der Waals surface area contributed by atoms with Crippen molar-refractivity contribution in [3.63, 3.8) is 0 Å². The van der Waals surface area contributed by atoms with Gasteiger partial charge < -0.3 is 15.4 Å². The van der Waals surface area contributed by atoms with Crippen molar-refractivity contribution in [1.29, 1.82) is 0 Å². The molecule has 0 spiro atoms. The SMILES string of the molecule is Cc1cccc([C@H](CNC(=O)CCNc2ncccn2)N2CCOCC2)c1. The summed E-state index contributed by atoms with van der Waals surface area (Å²) in [5, 5.41) is 6.14. The molecule has 0 aliphatic carbocycles. The highest BCUT2D eigenvalue weighted by Gasteiger charge is 2.23. The fraction of sp³-hybridized carbons (Fsp3) is 0.450. The van der Waals surface area contributed by atoms with E-state index < -0.39 is 0 Å². The first-order chi connectivity index (χ1) is 13.2. The number of carbonyl (C=O) groups excluding carboxylic acids is 1. The number of nitrogens with zero attached hydrogens (tertiary/aromatic N) is 3. The van der Waals surface area contributed by atoms with Crippen molar-refractivity contribution < 1.29 is 9.53 Å². The predicted octanol–water partition coefficient (Wildman–Crippen LogP) is 1.78. The van der Waals surface area contributed by atoms with Gasteiger partial charge in [-0.1, -0.05) is 29.8 Å². The van der Waals surface area contributed by atoms with Crippen LogP contribution in [0.25, 0.3) is 0 Å². The first kappa shape index (κ1) is 19.3. The smallest absolute Gasteiger partial charge is 0.222 e. The van der Waals surface area contributed by atoms with Gasteiger partial charge in [-0.15, -0.1) is 0 Å². The molecule has 1 aromatic carbocycles. The second kappa shape index (κ2) is 9.99. The van der Waals surface area contributed by atoms with Crippen LogP contribution in [0.4, 0.5) is 5.95 Å². The number of ether oxygens (including phenoxy) is 1. The number of hydrogen-bond acceptors (Lipinski definition) is 6. The van der Waals surface area contributed by atoms with E-state index in [0.717, 1.165) is 26.3 Å². The Labute approximate surface area is 160 Å². The van der Waals surface area contributed by atoms with Crippen LogP contribution in [0, 0.1) is 6.92 Å². The summed E-state index contributed by atoms with van der Waals surface area (Å²) in [5.41, 5.74) is 2.46. The van der Waals surface area contributed by atoms with Crippen molar-refractivity contribution in [3.8, 4) is 0 Å². The molecular weight excluding hydrogens is 342 g/mol. The largest absolute Gasteiger partial charge is 0.379 e. The monoisotopic (exact) mass is 369 g/mol. The Morgan fingerprint density at radius 1 is 1.22 bits per heavy atom. The highest BCUT2D eigenvalue weighted by atomic mass is 16.5. The molecule has 1 aliphatic rings. The van der Waals surface area contributed by atoms with E-state index >= 15 is 0 Å². The minimum Gasteiger partial charge on any atom is -0.379 e. The Morgan fingerprint density at radius 3 is 2.74 bits per heavy atom. The van der Waals surface area contributed by atoms with Gasteiger partial charge in [0.05, 0.1) is 19.3 Å². The highest BCUT2D eigenvalue weighted by molar-refractivity contribution is 5.76. The van der Waals surface area contributed by atoms with E-state index in [0.29, 0.717) is 25.5 Å². The van der Waals surface area contributed by atoms with E-state index in [4.69, 9.17) is 4.74 Å². The number of hydrogen-bond donors (Lipinski definition) is 2. The second-order valence-electron chi connectivity index (χ2n) is 6.63. The first-order valence-corrected chi connectivity index (χ1v) is 9.38. The van der Waals surface area contributed by atoms with Crippen LogP contribution >= 0.6 is 0 Å². The van der Waals surface area contributed by atoms with Crippen LogP contribution in [0.3, 0.4) is 0 Å². The molecule has 0 radical (unpaired) electrons. The van der Waals surface area contributed by atoms with Gasteiger partial charge in [0.25, 0.3) is 0 Å². The normalized spacial score (nSPS) is 15.9. The van der Waals surface area contributed by atoms with E-state index in [1.165, 1.54) is 11.1 Å². The van der Waals surface area contributed by atoms with Crippen molar-refractivity contribution in [1.82, 2.24) is 20.2 Å². The molecule has 2 aromatic rings. The summed E-state index contributed by atoms with van der Waals surface area (Å²) < 4.78 is 5.48. The third kappa shape index (κ3) is 6.01. The lowest BCUT2D eigenvalue weighted by Crippen LogP contribution is -2.44. The third-order valence-electron chi connectivity index (χ3n) is 4.61. The maximum Gasteiger partial charge on any atom is 0.222 e. The van der Waals surface area contributed by atoms with E-state index in [-0.39, 0.29) is 11.9 Å². The van der Waals surface area contributed by atoms with Crippen LogP contribution < -0.4 is 10.6 Å². The van der Waals surface area contributed by atoms with Gasteiger partial charge in [0.1, 0.15) is 0 Å². The van der Waals surface area contributed by atoms with E-state index in [1.54, 1.807) is 18.5 Å². The fourth-order valence-electron chi connectivity index (χ4n) is 3.20. The standard InChI is InChI=1S/C20H27N5O2/c1-16-4-2-5-17(14-16)18(25-10-12-27-13-11-25)15-24-19(26)6-9-23-20-21-7-3-8-22-20/h2-5,7-8,14,18H,6,9-13,15H2,1H3,(H,24,26)(H,21,22,23)/t18-/m0/s1. The van der Waals surface area contributed by atoms with E-state index in [2.05, 4.69) is 56.7 Å². The molecule has 27 heavy (non-hydrogen) atoms. The van der Waals surface area contributed by atoms with Crippen molar-refractivity contribution in [2.24, 2.45) is 0 Å². The number of anilines is 1. The number of amides is 1. The van der Waals surface area contributed by atoms with Crippen LogP contribution in [-0.2, 0) is 9.53 Å².